The topological polar surface area (TPSA) is 67.2 Å². The predicted octanol–water partition coefficient (Wildman–Crippen LogP) is 3.42. The Morgan fingerprint density at radius 3 is 2.91 bits per heavy atom. The van der Waals surface area contributed by atoms with Crippen LogP contribution in [0.5, 0.6) is 0 Å². The monoisotopic (exact) mass is 331 g/mol. The fourth-order valence-electron chi connectivity index (χ4n) is 2.81. The largest absolute Gasteiger partial charge is 0.439 e. The Morgan fingerprint density at radius 2 is 2.17 bits per heavy atom. The molecule has 1 aliphatic carbocycles. The lowest BCUT2D eigenvalue weighted by Gasteiger charge is -2.13. The zero-order chi connectivity index (χ0) is 16.1. The molecule has 2 N–H and O–H groups in total. The van der Waals surface area contributed by atoms with Gasteiger partial charge in [0, 0.05) is 16.9 Å². The number of urea groups is 1. The smallest absolute Gasteiger partial charge is 0.315 e. The van der Waals surface area contributed by atoms with Gasteiger partial charge in [0.25, 0.3) is 0 Å². The van der Waals surface area contributed by atoms with E-state index in [1.807, 2.05) is 42.1 Å². The van der Waals surface area contributed by atoms with Gasteiger partial charge in [-0.25, -0.2) is 9.78 Å². The van der Waals surface area contributed by atoms with Crippen LogP contribution in [0.4, 0.5) is 4.79 Å². The number of carbonyl (C=O) groups excluding carboxylic acids is 1. The number of aromatic nitrogens is 1. The van der Waals surface area contributed by atoms with Crippen LogP contribution in [-0.2, 0) is 6.54 Å². The molecule has 0 unspecified atom stereocenters. The molecule has 23 heavy (non-hydrogen) atoms. The van der Waals surface area contributed by atoms with Gasteiger partial charge in [0.15, 0.2) is 5.76 Å². The molecule has 1 heterocycles. The van der Waals surface area contributed by atoms with Crippen LogP contribution in [0.1, 0.15) is 25.2 Å². The quantitative estimate of drug-likeness (QED) is 0.881. The van der Waals surface area contributed by atoms with Crippen LogP contribution in [0.15, 0.2) is 40.9 Å². The molecule has 2 aromatic rings. The number of hydrogen-bond acceptors (Lipinski definition) is 4. The molecule has 0 bridgehead atoms. The zero-order valence-corrected chi connectivity index (χ0v) is 13.9. The summed E-state index contributed by atoms with van der Waals surface area (Å²) in [6.45, 7) is 0.289. The molecule has 6 heteroatoms. The second-order valence-corrected chi connectivity index (χ2v) is 6.82. The highest BCUT2D eigenvalue weighted by atomic mass is 32.2. The molecule has 0 spiro atoms. The third-order valence-corrected chi connectivity index (χ3v) is 5.16. The lowest BCUT2D eigenvalue weighted by Crippen LogP contribution is -2.40. The molecule has 1 fully saturated rings. The zero-order valence-electron chi connectivity index (χ0n) is 13.1. The summed E-state index contributed by atoms with van der Waals surface area (Å²) in [4.78, 5) is 16.2. The van der Waals surface area contributed by atoms with E-state index in [9.17, 15) is 4.79 Å². The second kappa shape index (κ2) is 7.55. The van der Waals surface area contributed by atoms with Crippen LogP contribution in [-0.4, -0.2) is 28.6 Å². The summed E-state index contributed by atoms with van der Waals surface area (Å²) >= 11 is 1.88. The van der Waals surface area contributed by atoms with Crippen LogP contribution >= 0.6 is 11.8 Å². The fraction of sp³-hybridized carbons (Fsp3) is 0.412. The number of oxazole rings is 1. The Bertz CT molecular complexity index is 644. The van der Waals surface area contributed by atoms with E-state index in [1.165, 1.54) is 6.42 Å². The van der Waals surface area contributed by atoms with Crippen molar-refractivity contribution in [1.29, 1.82) is 0 Å². The van der Waals surface area contributed by atoms with E-state index in [4.69, 9.17) is 4.42 Å². The molecule has 2 amide bonds. The van der Waals surface area contributed by atoms with Crippen molar-refractivity contribution in [3.63, 3.8) is 0 Å². The van der Waals surface area contributed by atoms with Gasteiger partial charge >= 0.3 is 6.03 Å². The Balaban J connectivity index is 1.47. The maximum atomic E-state index is 11.9. The highest BCUT2D eigenvalue weighted by Gasteiger charge is 2.25. The lowest BCUT2D eigenvalue weighted by atomic mass is 10.2. The minimum Gasteiger partial charge on any atom is -0.439 e. The van der Waals surface area contributed by atoms with Gasteiger partial charge in [-0.3, -0.25) is 0 Å². The van der Waals surface area contributed by atoms with Crippen LogP contribution in [0.2, 0.25) is 0 Å². The molecule has 1 saturated carbocycles. The molecule has 1 aromatic carbocycles. The Hall–Kier alpha value is -1.95. The standard InChI is InChI=1S/C17H21N3O2S/c1-23-14-8-7-13(9-14)20-17(21)19-11-16-18-10-15(22-16)12-5-3-2-4-6-12/h2-6,10,13-14H,7-9,11H2,1H3,(H2,19,20,21)/t13-,14-/m0/s1. The number of benzene rings is 1. The van der Waals surface area contributed by atoms with Gasteiger partial charge in [0.05, 0.1) is 12.7 Å². The van der Waals surface area contributed by atoms with Crippen molar-refractivity contribution in [3.05, 3.63) is 42.4 Å². The molecule has 1 aromatic heterocycles. The first-order valence-corrected chi connectivity index (χ1v) is 9.10. The number of rotatable bonds is 5. The summed E-state index contributed by atoms with van der Waals surface area (Å²) in [6, 6.07) is 9.91. The molecule has 2 atom stereocenters. The van der Waals surface area contributed by atoms with E-state index in [2.05, 4.69) is 21.9 Å². The number of amides is 2. The second-order valence-electron chi connectivity index (χ2n) is 5.68. The normalized spacial score (nSPS) is 20.4. The molecule has 0 aliphatic heterocycles. The average molecular weight is 331 g/mol. The molecule has 1 aliphatic rings. The van der Waals surface area contributed by atoms with E-state index in [0.717, 1.165) is 18.4 Å². The average Bonchev–Trinajstić information content (AvgIpc) is 3.23. The van der Waals surface area contributed by atoms with Crippen molar-refractivity contribution < 1.29 is 9.21 Å². The van der Waals surface area contributed by atoms with Gasteiger partial charge in [0.1, 0.15) is 0 Å². The van der Waals surface area contributed by atoms with Gasteiger partial charge in [0.2, 0.25) is 5.89 Å². The maximum Gasteiger partial charge on any atom is 0.315 e. The van der Waals surface area contributed by atoms with Crippen LogP contribution in [0.25, 0.3) is 11.3 Å². The molecule has 0 radical (unpaired) electrons. The first-order chi connectivity index (χ1) is 11.2. The van der Waals surface area contributed by atoms with E-state index in [-0.39, 0.29) is 18.6 Å². The highest BCUT2D eigenvalue weighted by Crippen LogP contribution is 2.28. The van der Waals surface area contributed by atoms with Crippen LogP contribution < -0.4 is 10.6 Å². The maximum absolute atomic E-state index is 11.9. The minimum absolute atomic E-state index is 0.156. The first-order valence-electron chi connectivity index (χ1n) is 7.82. The number of hydrogen-bond donors (Lipinski definition) is 2. The van der Waals surface area contributed by atoms with Gasteiger partial charge in [-0.2, -0.15) is 11.8 Å². The van der Waals surface area contributed by atoms with E-state index in [0.29, 0.717) is 16.9 Å². The summed E-state index contributed by atoms with van der Waals surface area (Å²) < 4.78 is 5.67. The van der Waals surface area contributed by atoms with Gasteiger partial charge in [-0.1, -0.05) is 30.3 Å². The molecule has 122 valence electrons. The van der Waals surface area contributed by atoms with Crippen molar-refractivity contribution in [2.75, 3.05) is 6.26 Å². The molecular formula is C17H21N3O2S. The summed E-state index contributed by atoms with van der Waals surface area (Å²) in [7, 11) is 0. The summed E-state index contributed by atoms with van der Waals surface area (Å²) in [5.41, 5.74) is 0.977. The number of nitrogens with one attached hydrogen (secondary N) is 2. The predicted molar refractivity (Wildman–Crippen MR) is 92.3 cm³/mol. The fourth-order valence-corrected chi connectivity index (χ4v) is 3.60. The number of carbonyl (C=O) groups is 1. The van der Waals surface area contributed by atoms with Gasteiger partial charge in [-0.05, 0) is 25.5 Å². The SMILES string of the molecule is CS[C@H]1CC[C@H](NC(=O)NCc2ncc(-c3ccccc3)o2)C1. The van der Waals surface area contributed by atoms with Crippen molar-refractivity contribution in [2.24, 2.45) is 0 Å². The van der Waals surface area contributed by atoms with Crippen molar-refractivity contribution in [2.45, 2.75) is 37.1 Å². The number of nitrogens with zero attached hydrogens (tertiary/aromatic N) is 1. The van der Waals surface area contributed by atoms with E-state index >= 15 is 0 Å². The van der Waals surface area contributed by atoms with E-state index < -0.39 is 0 Å². The third-order valence-electron chi connectivity index (χ3n) is 4.07. The molecule has 5 nitrogen and oxygen atoms in total. The van der Waals surface area contributed by atoms with Crippen LogP contribution in [0.3, 0.4) is 0 Å². The minimum atomic E-state index is -0.156. The van der Waals surface area contributed by atoms with E-state index in [1.54, 1.807) is 6.20 Å². The van der Waals surface area contributed by atoms with Crippen molar-refractivity contribution >= 4 is 17.8 Å². The molecule has 3 rings (SSSR count). The first kappa shape index (κ1) is 15.9. The summed E-state index contributed by atoms with van der Waals surface area (Å²) in [6.07, 6.45) is 7.08. The van der Waals surface area contributed by atoms with Gasteiger partial charge in [-0.15, -0.1) is 0 Å². The van der Waals surface area contributed by atoms with Crippen molar-refractivity contribution in [1.82, 2.24) is 15.6 Å². The molecule has 0 saturated heterocycles. The highest BCUT2D eigenvalue weighted by molar-refractivity contribution is 7.99. The Labute approximate surface area is 140 Å². The summed E-state index contributed by atoms with van der Waals surface area (Å²) in [5.74, 6) is 1.22. The Morgan fingerprint density at radius 1 is 1.35 bits per heavy atom. The van der Waals surface area contributed by atoms with Crippen LogP contribution in [0, 0.1) is 0 Å². The number of thioether (sulfide) groups is 1. The summed E-state index contributed by atoms with van der Waals surface area (Å²) in [5, 5.41) is 6.50. The molecular weight excluding hydrogens is 310 g/mol. The van der Waals surface area contributed by atoms with Gasteiger partial charge < -0.3 is 15.1 Å². The lowest BCUT2D eigenvalue weighted by molar-refractivity contribution is 0.235. The van der Waals surface area contributed by atoms with Crippen molar-refractivity contribution in [3.8, 4) is 11.3 Å². The Kier molecular flexibility index (Phi) is 5.23. The third kappa shape index (κ3) is 4.28.